The Kier molecular flexibility index (Phi) is 7.85. The van der Waals surface area contributed by atoms with Gasteiger partial charge < -0.3 is 19.1 Å². The molecule has 1 saturated carbocycles. The first-order chi connectivity index (χ1) is 16.8. The van der Waals surface area contributed by atoms with Crippen molar-refractivity contribution in [2.24, 2.45) is 5.92 Å². The van der Waals surface area contributed by atoms with E-state index in [0.717, 1.165) is 55.1 Å². The second-order valence-electron chi connectivity index (χ2n) is 11.7. The molecule has 0 bridgehead atoms. The number of sulfonamides is 1. The molecule has 9 nitrogen and oxygen atoms in total. The van der Waals surface area contributed by atoms with Crippen molar-refractivity contribution in [3.63, 3.8) is 0 Å². The molecule has 200 valence electrons. The fraction of sp³-hybridized carbons (Fsp3) is 0.680. The molecule has 0 saturated heterocycles. The first-order valence-electron chi connectivity index (χ1n) is 12.8. The van der Waals surface area contributed by atoms with Crippen molar-refractivity contribution < 1.29 is 17.9 Å². The largest absolute Gasteiger partial charge is 0.361 e. The van der Waals surface area contributed by atoms with Crippen LogP contribution in [0.2, 0.25) is 25.7 Å². The maximum absolute atomic E-state index is 13.0. The summed E-state index contributed by atoms with van der Waals surface area (Å²) >= 11 is 0. The molecule has 1 fully saturated rings. The number of carbonyl (C=O) groups excluding carboxylic acids is 1. The number of anilines is 1. The van der Waals surface area contributed by atoms with Crippen LogP contribution in [0.25, 0.3) is 11.0 Å². The van der Waals surface area contributed by atoms with Crippen LogP contribution in [0.15, 0.2) is 18.5 Å². The lowest BCUT2D eigenvalue weighted by Gasteiger charge is -2.44. The van der Waals surface area contributed by atoms with E-state index in [4.69, 9.17) is 4.74 Å². The number of fused-ring (bicyclic) bond motifs is 3. The fourth-order valence-corrected chi connectivity index (χ4v) is 6.48. The molecule has 2 aromatic heterocycles. The van der Waals surface area contributed by atoms with Gasteiger partial charge in [-0.1, -0.05) is 19.6 Å². The van der Waals surface area contributed by atoms with Gasteiger partial charge in [-0.05, 0) is 43.7 Å². The lowest BCUT2D eigenvalue weighted by atomic mass is 9.84. The molecule has 0 unspecified atom stereocenters. The molecule has 11 heteroatoms. The number of carbonyl (C=O) groups is 1. The zero-order valence-corrected chi connectivity index (χ0v) is 24.3. The minimum Gasteiger partial charge on any atom is -0.361 e. The molecule has 4 rings (SSSR count). The standard InChI is InChI=1S/C25H41N5O4SSi/c1-27-17-30(20-9-7-19(8-10-20)16-28(2)35(3,32)33)23-21-11-12-29(18-34-13-14-36(4,5)6)24(21)26-15-22(23)25(27)31/h11-12,15,19-20H,7-10,13-14,16-18H2,1-6H3. The molecule has 0 radical (unpaired) electrons. The molecule has 3 heterocycles. The van der Waals surface area contributed by atoms with Gasteiger partial charge in [0.05, 0.1) is 24.2 Å². The van der Waals surface area contributed by atoms with E-state index in [2.05, 4.69) is 35.6 Å². The normalized spacial score (nSPS) is 21.5. The van der Waals surface area contributed by atoms with E-state index in [9.17, 15) is 13.2 Å². The van der Waals surface area contributed by atoms with Crippen molar-refractivity contribution in [1.29, 1.82) is 0 Å². The highest BCUT2D eigenvalue weighted by Gasteiger charge is 2.36. The van der Waals surface area contributed by atoms with Gasteiger partial charge in [0, 0.05) is 59.1 Å². The van der Waals surface area contributed by atoms with E-state index in [1.807, 2.05) is 17.8 Å². The summed E-state index contributed by atoms with van der Waals surface area (Å²) in [4.78, 5) is 21.8. The van der Waals surface area contributed by atoms with Crippen LogP contribution in [0.5, 0.6) is 0 Å². The van der Waals surface area contributed by atoms with Gasteiger partial charge in [0.25, 0.3) is 5.91 Å². The Morgan fingerprint density at radius 1 is 1.19 bits per heavy atom. The van der Waals surface area contributed by atoms with Crippen molar-refractivity contribution in [2.45, 2.75) is 64.1 Å². The molecule has 36 heavy (non-hydrogen) atoms. The molecule has 0 spiro atoms. The van der Waals surface area contributed by atoms with Crippen LogP contribution in [-0.2, 0) is 21.5 Å². The van der Waals surface area contributed by atoms with Crippen LogP contribution in [0.3, 0.4) is 0 Å². The van der Waals surface area contributed by atoms with Crippen molar-refractivity contribution in [1.82, 2.24) is 18.8 Å². The average Bonchev–Trinajstić information content (AvgIpc) is 3.21. The van der Waals surface area contributed by atoms with Crippen LogP contribution < -0.4 is 4.90 Å². The quantitative estimate of drug-likeness (QED) is 0.360. The molecule has 1 amide bonds. The van der Waals surface area contributed by atoms with E-state index < -0.39 is 18.1 Å². The number of nitrogens with zero attached hydrogens (tertiary/aromatic N) is 5. The van der Waals surface area contributed by atoms with Gasteiger partial charge >= 0.3 is 0 Å². The molecular weight excluding hydrogens is 494 g/mol. The van der Waals surface area contributed by atoms with E-state index >= 15 is 0 Å². The summed E-state index contributed by atoms with van der Waals surface area (Å²) in [6.07, 6.45) is 8.85. The number of rotatable bonds is 9. The molecule has 0 N–H and O–H groups in total. The summed E-state index contributed by atoms with van der Waals surface area (Å²) in [7, 11) is -0.818. The molecule has 2 aliphatic rings. The summed E-state index contributed by atoms with van der Waals surface area (Å²) in [6.45, 7) is 9.33. The average molecular weight is 536 g/mol. The number of amides is 1. The predicted octanol–water partition coefficient (Wildman–Crippen LogP) is 3.65. The monoisotopic (exact) mass is 535 g/mol. The van der Waals surface area contributed by atoms with Crippen molar-refractivity contribution in [2.75, 3.05) is 45.1 Å². The molecule has 1 aliphatic heterocycles. The van der Waals surface area contributed by atoms with Gasteiger partial charge in [-0.25, -0.2) is 17.7 Å². The molecule has 0 atom stereocenters. The van der Waals surface area contributed by atoms with E-state index in [-0.39, 0.29) is 5.91 Å². The maximum atomic E-state index is 13.0. The van der Waals surface area contributed by atoms with Crippen molar-refractivity contribution in [3.05, 3.63) is 24.0 Å². The minimum atomic E-state index is -3.17. The van der Waals surface area contributed by atoms with Crippen LogP contribution in [0.1, 0.15) is 36.0 Å². The second-order valence-corrected chi connectivity index (χ2v) is 19.4. The van der Waals surface area contributed by atoms with Gasteiger partial charge in [-0.3, -0.25) is 4.79 Å². The number of aromatic nitrogens is 2. The third-order valence-corrected chi connectivity index (χ3v) is 10.5. The molecular formula is C25H41N5O4SSi. The third kappa shape index (κ3) is 5.95. The number of pyridine rings is 1. The van der Waals surface area contributed by atoms with Gasteiger partial charge in [-0.15, -0.1) is 0 Å². The summed E-state index contributed by atoms with van der Waals surface area (Å²) in [6, 6.07) is 3.47. The SMILES string of the molecule is CN1CN(C2CCC(CN(C)S(C)(=O)=O)CC2)c2c(cnc3c2ccn3COCC[Si](C)(C)C)C1=O. The Balaban J connectivity index is 1.53. The predicted molar refractivity (Wildman–Crippen MR) is 146 cm³/mol. The number of hydrogen-bond acceptors (Lipinski definition) is 6. The van der Waals surface area contributed by atoms with E-state index in [1.54, 1.807) is 18.1 Å². The zero-order valence-electron chi connectivity index (χ0n) is 22.5. The maximum Gasteiger partial charge on any atom is 0.258 e. The Labute approximate surface area is 216 Å². The van der Waals surface area contributed by atoms with Gasteiger partial charge in [0.15, 0.2) is 0 Å². The van der Waals surface area contributed by atoms with Crippen LogP contribution in [0.4, 0.5) is 5.69 Å². The highest BCUT2D eigenvalue weighted by atomic mass is 32.2. The van der Waals surface area contributed by atoms with E-state index in [1.165, 1.54) is 10.6 Å². The number of hydrogen-bond donors (Lipinski definition) is 0. The summed E-state index contributed by atoms with van der Waals surface area (Å²) in [5.41, 5.74) is 2.46. The first kappa shape index (κ1) is 27.1. The molecule has 1 aliphatic carbocycles. The Bertz CT molecular complexity index is 1200. The van der Waals surface area contributed by atoms with Crippen molar-refractivity contribution >= 4 is 40.7 Å². The Morgan fingerprint density at radius 3 is 2.53 bits per heavy atom. The van der Waals surface area contributed by atoms with Crippen LogP contribution in [-0.4, -0.2) is 87.4 Å². The Morgan fingerprint density at radius 2 is 1.89 bits per heavy atom. The van der Waals surface area contributed by atoms with Crippen LogP contribution in [0, 0.1) is 5.92 Å². The summed E-state index contributed by atoms with van der Waals surface area (Å²) < 4.78 is 33.1. The molecule has 2 aromatic rings. The van der Waals surface area contributed by atoms with E-state index in [0.29, 0.717) is 37.5 Å². The van der Waals surface area contributed by atoms with Gasteiger partial charge in [0.2, 0.25) is 10.0 Å². The molecule has 0 aromatic carbocycles. The minimum absolute atomic E-state index is 0.00162. The van der Waals surface area contributed by atoms with Gasteiger partial charge in [0.1, 0.15) is 12.4 Å². The fourth-order valence-electron chi connectivity index (χ4n) is 5.24. The summed E-state index contributed by atoms with van der Waals surface area (Å²) in [5.74, 6) is 0.356. The zero-order chi connectivity index (χ0) is 26.3. The Hall–Kier alpha value is -1.95. The topological polar surface area (TPSA) is 88.0 Å². The van der Waals surface area contributed by atoms with Gasteiger partial charge in [-0.2, -0.15) is 0 Å². The lowest BCUT2D eigenvalue weighted by Crippen LogP contribution is -2.50. The highest BCUT2D eigenvalue weighted by molar-refractivity contribution is 7.88. The van der Waals surface area contributed by atoms with Crippen molar-refractivity contribution in [3.8, 4) is 0 Å². The smallest absolute Gasteiger partial charge is 0.258 e. The van der Waals surface area contributed by atoms with Crippen LogP contribution >= 0.6 is 0 Å². The first-order valence-corrected chi connectivity index (χ1v) is 18.4. The highest BCUT2D eigenvalue weighted by Crippen LogP contribution is 2.39. The second kappa shape index (κ2) is 10.4. The third-order valence-electron chi connectivity index (χ3n) is 7.55. The number of ether oxygens (including phenoxy) is 1. The lowest BCUT2D eigenvalue weighted by molar-refractivity contribution is 0.0774. The summed E-state index contributed by atoms with van der Waals surface area (Å²) in [5, 5.41) is 0.988.